The van der Waals surface area contributed by atoms with Crippen molar-refractivity contribution in [3.05, 3.63) is 30.3 Å². The van der Waals surface area contributed by atoms with Crippen LogP contribution in [0.4, 0.5) is 11.4 Å². The van der Waals surface area contributed by atoms with Crippen LogP contribution in [0.25, 0.3) is 11.1 Å². The van der Waals surface area contributed by atoms with Gasteiger partial charge in [0.15, 0.2) is 0 Å². The smallest absolute Gasteiger partial charge is 0.123 e. The van der Waals surface area contributed by atoms with Gasteiger partial charge in [-0.1, -0.05) is 17.6 Å². The zero-order valence-electron chi connectivity index (χ0n) is 10.9. The number of anilines is 2. The van der Waals surface area contributed by atoms with Crippen LogP contribution < -0.4 is 26.4 Å². The number of nitrogens with two attached hydrogens (primary N) is 2. The highest BCUT2D eigenvalue weighted by Crippen LogP contribution is 2.34. The molecule has 2 aromatic rings. The Morgan fingerprint density at radius 2 is 1.47 bits per heavy atom. The molecule has 5 heteroatoms. The van der Waals surface area contributed by atoms with Gasteiger partial charge in [-0.15, -0.1) is 0 Å². The standard InChI is InChI=1S/C14H15BN2O2/c1-18-9-5-8(6-10(7-9)19-2)11-3-4-12(15)14(17)13(11)16/h3-7H,16-17H2,1-2H3. The molecule has 0 fully saturated rings. The molecule has 0 bridgehead atoms. The van der Waals surface area contributed by atoms with E-state index in [4.69, 9.17) is 28.8 Å². The summed E-state index contributed by atoms with van der Waals surface area (Å²) in [5.41, 5.74) is 14.8. The summed E-state index contributed by atoms with van der Waals surface area (Å²) < 4.78 is 10.5. The number of rotatable bonds is 3. The summed E-state index contributed by atoms with van der Waals surface area (Å²) in [7, 11) is 8.92. The van der Waals surface area contributed by atoms with Crippen molar-refractivity contribution >= 4 is 24.7 Å². The molecule has 0 saturated heterocycles. The molecular formula is C14H15BN2O2. The highest BCUT2D eigenvalue weighted by molar-refractivity contribution is 6.36. The lowest BCUT2D eigenvalue weighted by Gasteiger charge is -2.13. The molecule has 0 atom stereocenters. The van der Waals surface area contributed by atoms with Crippen LogP contribution >= 0.6 is 0 Å². The van der Waals surface area contributed by atoms with Gasteiger partial charge < -0.3 is 20.9 Å². The van der Waals surface area contributed by atoms with Gasteiger partial charge in [-0.2, -0.15) is 0 Å². The van der Waals surface area contributed by atoms with Gasteiger partial charge in [0.1, 0.15) is 19.3 Å². The molecule has 0 unspecified atom stereocenters. The van der Waals surface area contributed by atoms with Crippen molar-refractivity contribution in [1.29, 1.82) is 0 Å². The second-order valence-corrected chi connectivity index (χ2v) is 4.13. The zero-order chi connectivity index (χ0) is 14.0. The molecule has 2 aromatic carbocycles. The van der Waals surface area contributed by atoms with Crippen LogP contribution in [0, 0.1) is 0 Å². The molecular weight excluding hydrogens is 239 g/mol. The van der Waals surface area contributed by atoms with E-state index in [9.17, 15) is 0 Å². The SMILES string of the molecule is [B]c1ccc(-c2cc(OC)cc(OC)c2)c(N)c1N. The highest BCUT2D eigenvalue weighted by atomic mass is 16.5. The van der Waals surface area contributed by atoms with Gasteiger partial charge in [-0.05, 0) is 17.7 Å². The van der Waals surface area contributed by atoms with Crippen LogP contribution in [0.3, 0.4) is 0 Å². The normalized spacial score (nSPS) is 10.2. The van der Waals surface area contributed by atoms with Crippen molar-refractivity contribution in [3.8, 4) is 22.6 Å². The maximum atomic E-state index is 6.01. The summed E-state index contributed by atoms with van der Waals surface area (Å²) in [6.45, 7) is 0. The van der Waals surface area contributed by atoms with Crippen LogP contribution in [0.1, 0.15) is 0 Å². The van der Waals surface area contributed by atoms with E-state index < -0.39 is 0 Å². The average Bonchev–Trinajstić information content (AvgIpc) is 2.44. The highest BCUT2D eigenvalue weighted by Gasteiger charge is 2.10. The minimum Gasteiger partial charge on any atom is -0.497 e. The Hall–Kier alpha value is -2.30. The Morgan fingerprint density at radius 3 is 2.00 bits per heavy atom. The zero-order valence-corrected chi connectivity index (χ0v) is 10.9. The second kappa shape index (κ2) is 5.14. The fourth-order valence-electron chi connectivity index (χ4n) is 1.87. The van der Waals surface area contributed by atoms with Gasteiger partial charge in [0, 0.05) is 17.3 Å². The van der Waals surface area contributed by atoms with Crippen molar-refractivity contribution < 1.29 is 9.47 Å². The molecule has 0 amide bonds. The van der Waals surface area contributed by atoms with Crippen molar-refractivity contribution in [2.24, 2.45) is 0 Å². The lowest BCUT2D eigenvalue weighted by atomic mass is 9.90. The van der Waals surface area contributed by atoms with E-state index in [1.54, 1.807) is 26.4 Å². The van der Waals surface area contributed by atoms with Crippen molar-refractivity contribution in [1.82, 2.24) is 0 Å². The molecule has 0 aliphatic heterocycles. The van der Waals surface area contributed by atoms with E-state index in [2.05, 4.69) is 0 Å². The quantitative estimate of drug-likeness (QED) is 0.640. The van der Waals surface area contributed by atoms with Gasteiger partial charge in [0.2, 0.25) is 0 Å². The maximum absolute atomic E-state index is 6.01. The number of ether oxygens (including phenoxy) is 2. The maximum Gasteiger partial charge on any atom is 0.123 e. The lowest BCUT2D eigenvalue weighted by molar-refractivity contribution is 0.394. The molecule has 96 valence electrons. The summed E-state index contributed by atoms with van der Waals surface area (Å²) >= 11 is 0. The molecule has 0 aromatic heterocycles. The third-order valence-corrected chi connectivity index (χ3v) is 2.98. The van der Waals surface area contributed by atoms with E-state index in [0.29, 0.717) is 28.3 Å². The molecule has 0 spiro atoms. The molecule has 0 saturated carbocycles. The first-order valence-electron chi connectivity index (χ1n) is 5.73. The molecule has 19 heavy (non-hydrogen) atoms. The Kier molecular flexibility index (Phi) is 3.56. The van der Waals surface area contributed by atoms with Gasteiger partial charge in [0.25, 0.3) is 0 Å². The number of methoxy groups -OCH3 is 2. The number of hydrogen-bond donors (Lipinski definition) is 2. The topological polar surface area (TPSA) is 70.5 Å². The van der Waals surface area contributed by atoms with Gasteiger partial charge in [-0.3, -0.25) is 0 Å². The molecule has 0 aliphatic rings. The fraction of sp³-hybridized carbons (Fsp3) is 0.143. The third kappa shape index (κ3) is 2.45. The summed E-state index contributed by atoms with van der Waals surface area (Å²) in [5, 5.41) is 0. The molecule has 4 nitrogen and oxygen atoms in total. The second-order valence-electron chi connectivity index (χ2n) is 4.13. The first-order chi connectivity index (χ1) is 9.06. The first-order valence-corrected chi connectivity index (χ1v) is 5.73. The van der Waals surface area contributed by atoms with Crippen LogP contribution in [-0.4, -0.2) is 22.1 Å². The molecule has 2 rings (SSSR count). The van der Waals surface area contributed by atoms with E-state index in [0.717, 1.165) is 11.1 Å². The van der Waals surface area contributed by atoms with Crippen LogP contribution in [0.15, 0.2) is 30.3 Å². The molecule has 2 radical (unpaired) electrons. The molecule has 0 heterocycles. The summed E-state index contributed by atoms with van der Waals surface area (Å²) in [4.78, 5) is 0. The van der Waals surface area contributed by atoms with Gasteiger partial charge >= 0.3 is 0 Å². The Bertz CT molecular complexity index is 592. The number of hydrogen-bond acceptors (Lipinski definition) is 4. The monoisotopic (exact) mass is 254 g/mol. The average molecular weight is 254 g/mol. The number of benzene rings is 2. The van der Waals surface area contributed by atoms with Crippen molar-refractivity contribution in [2.75, 3.05) is 25.7 Å². The fourth-order valence-corrected chi connectivity index (χ4v) is 1.87. The van der Waals surface area contributed by atoms with Crippen molar-refractivity contribution in [3.63, 3.8) is 0 Å². The number of nitrogen functional groups attached to an aromatic ring is 2. The summed E-state index contributed by atoms with van der Waals surface area (Å²) in [6, 6.07) is 9.08. The Morgan fingerprint density at radius 1 is 0.895 bits per heavy atom. The summed E-state index contributed by atoms with van der Waals surface area (Å²) in [5.74, 6) is 1.37. The predicted molar refractivity (Wildman–Crippen MR) is 79.2 cm³/mol. The largest absolute Gasteiger partial charge is 0.497 e. The van der Waals surface area contributed by atoms with Crippen LogP contribution in [0.2, 0.25) is 0 Å². The molecule has 4 N–H and O–H groups in total. The van der Waals surface area contributed by atoms with Gasteiger partial charge in [-0.25, -0.2) is 0 Å². The summed E-state index contributed by atoms with van der Waals surface area (Å²) in [6.07, 6.45) is 0. The van der Waals surface area contributed by atoms with Crippen LogP contribution in [-0.2, 0) is 0 Å². The van der Waals surface area contributed by atoms with E-state index >= 15 is 0 Å². The Balaban J connectivity index is 2.61. The van der Waals surface area contributed by atoms with E-state index in [1.165, 1.54) is 0 Å². The van der Waals surface area contributed by atoms with E-state index in [1.807, 2.05) is 18.2 Å². The first kappa shape index (κ1) is 13.1. The predicted octanol–water partition coefficient (Wildman–Crippen LogP) is 1.33. The van der Waals surface area contributed by atoms with Gasteiger partial charge in [0.05, 0.1) is 19.9 Å². The van der Waals surface area contributed by atoms with Crippen molar-refractivity contribution in [2.45, 2.75) is 0 Å². The van der Waals surface area contributed by atoms with Crippen LogP contribution in [0.5, 0.6) is 11.5 Å². The molecule has 0 aliphatic carbocycles. The minimum absolute atomic E-state index is 0.388. The lowest BCUT2D eigenvalue weighted by Crippen LogP contribution is -2.12. The minimum atomic E-state index is 0.388. The Labute approximate surface area is 113 Å². The third-order valence-electron chi connectivity index (χ3n) is 2.98. The van der Waals surface area contributed by atoms with E-state index in [-0.39, 0.29) is 0 Å².